The number of nitrogens with one attached hydrogen (secondary N) is 1. The van der Waals surface area contributed by atoms with Gasteiger partial charge in [0.25, 0.3) is 0 Å². The van der Waals surface area contributed by atoms with Gasteiger partial charge in [0.05, 0.1) is 0 Å². The molecular weight excluding hydrogens is 186 g/mol. The molecule has 0 bridgehead atoms. The summed E-state index contributed by atoms with van der Waals surface area (Å²) in [6.07, 6.45) is 3.26. The number of hydrogen-bond donors (Lipinski definition) is 1. The molecule has 2 nitrogen and oxygen atoms in total. The molecule has 15 heavy (non-hydrogen) atoms. The average Bonchev–Trinajstić information content (AvgIpc) is 2.01. The van der Waals surface area contributed by atoms with Crippen molar-refractivity contribution in [2.45, 2.75) is 53.9 Å². The minimum Gasteiger partial charge on any atom is -0.356 e. The predicted octanol–water partition coefficient (Wildman–Crippen LogP) is 2.98. The normalized spacial score (nSPS) is 31.0. The molecule has 0 aliphatic carbocycles. The quantitative estimate of drug-likeness (QED) is 0.655. The van der Waals surface area contributed by atoms with Crippen LogP contribution in [-0.2, 0) is 4.79 Å². The van der Waals surface area contributed by atoms with Crippen molar-refractivity contribution in [1.29, 1.82) is 0 Å². The molecule has 0 aromatic carbocycles. The highest BCUT2D eigenvalue weighted by Gasteiger charge is 2.33. The highest BCUT2D eigenvalue weighted by atomic mass is 16.1. The first-order valence-corrected chi connectivity index (χ1v) is 6.00. The molecule has 0 radical (unpaired) electrons. The van der Waals surface area contributed by atoms with Crippen molar-refractivity contribution >= 4 is 5.91 Å². The Balaban J connectivity index is 2.80. The Morgan fingerprint density at radius 3 is 2.40 bits per heavy atom. The summed E-state index contributed by atoms with van der Waals surface area (Å²) in [6.45, 7) is 12.0. The number of hydrogen-bond acceptors (Lipinski definition) is 1. The molecule has 2 heteroatoms. The van der Waals surface area contributed by atoms with E-state index < -0.39 is 0 Å². The van der Waals surface area contributed by atoms with Crippen molar-refractivity contribution in [3.8, 4) is 0 Å². The van der Waals surface area contributed by atoms with Gasteiger partial charge in [0.1, 0.15) is 0 Å². The molecule has 1 amide bonds. The standard InChI is InChI=1S/C13H25NO/c1-10-8-13(4,5)9-12(2,3)6-7-14-11(10)15/h10H,6-9H2,1-5H3,(H,14,15). The van der Waals surface area contributed by atoms with E-state index in [0.29, 0.717) is 5.41 Å². The molecule has 1 N–H and O–H groups in total. The smallest absolute Gasteiger partial charge is 0.222 e. The molecule has 1 atom stereocenters. The van der Waals surface area contributed by atoms with Gasteiger partial charge in [0.2, 0.25) is 5.91 Å². The number of amides is 1. The van der Waals surface area contributed by atoms with E-state index in [9.17, 15) is 4.79 Å². The molecule has 0 saturated carbocycles. The Hall–Kier alpha value is -0.530. The maximum Gasteiger partial charge on any atom is 0.222 e. The molecule has 0 aromatic rings. The molecule has 1 saturated heterocycles. The first-order valence-electron chi connectivity index (χ1n) is 6.00. The van der Waals surface area contributed by atoms with Gasteiger partial charge >= 0.3 is 0 Å². The molecule has 88 valence electrons. The lowest BCUT2D eigenvalue weighted by Gasteiger charge is -2.34. The number of carbonyl (C=O) groups is 1. The minimum atomic E-state index is 0.147. The van der Waals surface area contributed by atoms with Crippen molar-refractivity contribution in [3.63, 3.8) is 0 Å². The topological polar surface area (TPSA) is 29.1 Å². The lowest BCUT2D eigenvalue weighted by atomic mass is 9.70. The van der Waals surface area contributed by atoms with Crippen LogP contribution in [0.3, 0.4) is 0 Å². The summed E-state index contributed by atoms with van der Waals surface area (Å²) in [5.41, 5.74) is 0.603. The Kier molecular flexibility index (Phi) is 3.47. The molecular formula is C13H25NO. The number of rotatable bonds is 0. The van der Waals surface area contributed by atoms with E-state index in [0.717, 1.165) is 19.4 Å². The van der Waals surface area contributed by atoms with E-state index in [1.807, 2.05) is 6.92 Å². The second kappa shape index (κ2) is 4.15. The molecule has 0 spiro atoms. The maximum absolute atomic E-state index is 11.7. The van der Waals surface area contributed by atoms with Gasteiger partial charge in [0.15, 0.2) is 0 Å². The van der Waals surface area contributed by atoms with Crippen molar-refractivity contribution in [1.82, 2.24) is 5.32 Å². The van der Waals surface area contributed by atoms with E-state index in [4.69, 9.17) is 0 Å². The van der Waals surface area contributed by atoms with E-state index in [1.54, 1.807) is 0 Å². The monoisotopic (exact) mass is 211 g/mol. The van der Waals surface area contributed by atoms with Crippen LogP contribution in [0.4, 0.5) is 0 Å². The summed E-state index contributed by atoms with van der Waals surface area (Å²) in [6, 6.07) is 0. The largest absolute Gasteiger partial charge is 0.356 e. The Bertz CT molecular complexity index is 243. The summed E-state index contributed by atoms with van der Waals surface area (Å²) in [7, 11) is 0. The highest BCUT2D eigenvalue weighted by Crippen LogP contribution is 2.40. The van der Waals surface area contributed by atoms with E-state index in [2.05, 4.69) is 33.0 Å². The zero-order chi connectivity index (χ0) is 11.7. The van der Waals surface area contributed by atoms with Crippen LogP contribution in [-0.4, -0.2) is 12.5 Å². The van der Waals surface area contributed by atoms with Gasteiger partial charge in [-0.3, -0.25) is 4.79 Å². The van der Waals surface area contributed by atoms with Crippen molar-refractivity contribution in [2.24, 2.45) is 16.7 Å². The summed E-state index contributed by atoms with van der Waals surface area (Å²) in [5, 5.41) is 3.03. The van der Waals surface area contributed by atoms with Gasteiger partial charge < -0.3 is 5.32 Å². The fraction of sp³-hybridized carbons (Fsp3) is 0.923. The van der Waals surface area contributed by atoms with Gasteiger partial charge in [0, 0.05) is 12.5 Å². The van der Waals surface area contributed by atoms with Gasteiger partial charge in [-0.15, -0.1) is 0 Å². The van der Waals surface area contributed by atoms with Crippen molar-refractivity contribution < 1.29 is 4.79 Å². The summed E-state index contributed by atoms with van der Waals surface area (Å²) < 4.78 is 0. The minimum absolute atomic E-state index is 0.147. The summed E-state index contributed by atoms with van der Waals surface area (Å²) in [4.78, 5) is 11.7. The van der Waals surface area contributed by atoms with Crippen LogP contribution in [0.5, 0.6) is 0 Å². The fourth-order valence-electron chi connectivity index (χ4n) is 3.08. The fourth-order valence-corrected chi connectivity index (χ4v) is 3.08. The third-order valence-electron chi connectivity index (χ3n) is 3.36. The Morgan fingerprint density at radius 1 is 1.20 bits per heavy atom. The molecule has 1 rings (SSSR count). The molecule has 0 aromatic heterocycles. The molecule has 1 fully saturated rings. The second-order valence-electron chi connectivity index (χ2n) is 6.65. The van der Waals surface area contributed by atoms with Crippen LogP contribution < -0.4 is 5.32 Å². The van der Waals surface area contributed by atoms with Crippen LogP contribution in [0.15, 0.2) is 0 Å². The summed E-state index contributed by atoms with van der Waals surface area (Å²) in [5.74, 6) is 0.370. The van der Waals surface area contributed by atoms with Crippen LogP contribution in [0.2, 0.25) is 0 Å². The summed E-state index contributed by atoms with van der Waals surface area (Å²) >= 11 is 0. The second-order valence-corrected chi connectivity index (χ2v) is 6.65. The third-order valence-corrected chi connectivity index (χ3v) is 3.36. The lowest BCUT2D eigenvalue weighted by Crippen LogP contribution is -2.31. The molecule has 1 heterocycles. The van der Waals surface area contributed by atoms with Gasteiger partial charge in [-0.2, -0.15) is 0 Å². The third kappa shape index (κ3) is 3.84. The van der Waals surface area contributed by atoms with Crippen LogP contribution in [0.25, 0.3) is 0 Å². The zero-order valence-corrected chi connectivity index (χ0v) is 10.8. The SMILES string of the molecule is CC1CC(C)(C)CC(C)(C)CCNC1=O. The average molecular weight is 211 g/mol. The molecule has 1 unspecified atom stereocenters. The first-order chi connectivity index (χ1) is 6.72. The van der Waals surface area contributed by atoms with E-state index in [1.165, 1.54) is 6.42 Å². The first kappa shape index (κ1) is 12.5. The van der Waals surface area contributed by atoms with Crippen LogP contribution in [0.1, 0.15) is 53.9 Å². The van der Waals surface area contributed by atoms with E-state index >= 15 is 0 Å². The van der Waals surface area contributed by atoms with Crippen molar-refractivity contribution in [3.05, 3.63) is 0 Å². The highest BCUT2D eigenvalue weighted by molar-refractivity contribution is 5.78. The van der Waals surface area contributed by atoms with Crippen LogP contribution >= 0.6 is 0 Å². The maximum atomic E-state index is 11.7. The van der Waals surface area contributed by atoms with Crippen LogP contribution in [0, 0.1) is 16.7 Å². The number of carbonyl (C=O) groups excluding carboxylic acids is 1. The Morgan fingerprint density at radius 2 is 1.80 bits per heavy atom. The zero-order valence-electron chi connectivity index (χ0n) is 10.8. The molecule has 1 aliphatic heterocycles. The molecule has 1 aliphatic rings. The van der Waals surface area contributed by atoms with E-state index in [-0.39, 0.29) is 17.2 Å². The van der Waals surface area contributed by atoms with Gasteiger partial charge in [-0.25, -0.2) is 0 Å². The Labute approximate surface area is 93.8 Å². The van der Waals surface area contributed by atoms with Crippen molar-refractivity contribution in [2.75, 3.05) is 6.54 Å². The lowest BCUT2D eigenvalue weighted by molar-refractivity contribution is -0.125. The predicted molar refractivity (Wildman–Crippen MR) is 63.6 cm³/mol. The van der Waals surface area contributed by atoms with Gasteiger partial charge in [-0.1, -0.05) is 34.6 Å². The van der Waals surface area contributed by atoms with Gasteiger partial charge in [-0.05, 0) is 30.1 Å².